The molecule has 0 amide bonds. The summed E-state index contributed by atoms with van der Waals surface area (Å²) in [4.78, 5) is 3.88. The third-order valence-corrected chi connectivity index (χ3v) is 4.74. The van der Waals surface area contributed by atoms with Gasteiger partial charge in [0.1, 0.15) is 0 Å². The van der Waals surface area contributed by atoms with Gasteiger partial charge in [-0.05, 0) is 38.1 Å². The second-order valence-electron chi connectivity index (χ2n) is 5.39. The lowest BCUT2D eigenvalue weighted by molar-refractivity contribution is -0.0564. The molecule has 5 heteroatoms. The van der Waals surface area contributed by atoms with Gasteiger partial charge >= 0.3 is 0 Å². The van der Waals surface area contributed by atoms with E-state index in [9.17, 15) is 0 Å². The van der Waals surface area contributed by atoms with Crippen molar-refractivity contribution in [3.8, 4) is 0 Å². The number of hydrogen-bond donors (Lipinski definition) is 2. The highest BCUT2D eigenvalue weighted by Gasteiger charge is 2.28. The topological polar surface area (TPSA) is 50.5 Å². The molecule has 0 spiro atoms. The highest BCUT2D eigenvalue weighted by Crippen LogP contribution is 2.17. The number of ether oxygens (including phenoxy) is 1. The number of thiophene rings is 1. The highest BCUT2D eigenvalue weighted by atomic mass is 32.1. The van der Waals surface area contributed by atoms with Crippen LogP contribution in [0.4, 0.5) is 0 Å². The van der Waals surface area contributed by atoms with Gasteiger partial charge in [-0.2, -0.15) is 0 Å². The molecule has 108 valence electrons. The predicted octanol–water partition coefficient (Wildman–Crippen LogP) is 1.62. The molecule has 4 nitrogen and oxygen atoms in total. The first-order valence-corrected chi connectivity index (χ1v) is 7.93. The number of nitrogens with two attached hydrogens (primary N) is 1. The van der Waals surface area contributed by atoms with Crippen molar-refractivity contribution < 1.29 is 4.74 Å². The molecule has 2 rings (SSSR count). The van der Waals surface area contributed by atoms with Crippen LogP contribution in [-0.4, -0.2) is 42.8 Å². The molecule has 19 heavy (non-hydrogen) atoms. The number of nitrogens with zero attached hydrogens (tertiary/aromatic N) is 1. The number of nitrogens with one attached hydrogen (secondary N) is 1. The van der Waals surface area contributed by atoms with Crippen molar-refractivity contribution in [3.05, 3.63) is 22.4 Å². The van der Waals surface area contributed by atoms with Crippen LogP contribution < -0.4 is 11.3 Å². The maximum Gasteiger partial charge on any atom is 0.0868 e. The minimum absolute atomic E-state index is 0.195. The molecule has 0 bridgehead atoms. The van der Waals surface area contributed by atoms with Gasteiger partial charge in [0.25, 0.3) is 0 Å². The Morgan fingerprint density at radius 1 is 1.58 bits per heavy atom. The first-order valence-electron chi connectivity index (χ1n) is 7.05. The van der Waals surface area contributed by atoms with Crippen LogP contribution in [0.2, 0.25) is 0 Å². The Kier molecular flexibility index (Phi) is 5.78. The van der Waals surface area contributed by atoms with Crippen LogP contribution in [0.15, 0.2) is 17.5 Å². The fourth-order valence-electron chi connectivity index (χ4n) is 2.54. The average Bonchev–Trinajstić information content (AvgIpc) is 2.93. The molecule has 0 aromatic carbocycles. The van der Waals surface area contributed by atoms with Gasteiger partial charge in [-0.15, -0.1) is 11.3 Å². The molecule has 1 aliphatic heterocycles. The van der Waals surface area contributed by atoms with Crippen LogP contribution in [0.3, 0.4) is 0 Å². The third kappa shape index (κ3) is 4.26. The molecular formula is C14H25N3OS. The summed E-state index contributed by atoms with van der Waals surface area (Å²) in [5, 5.41) is 2.12. The van der Waals surface area contributed by atoms with E-state index in [1.165, 1.54) is 4.88 Å². The van der Waals surface area contributed by atoms with E-state index < -0.39 is 0 Å². The van der Waals surface area contributed by atoms with E-state index >= 15 is 0 Å². The van der Waals surface area contributed by atoms with E-state index in [0.717, 1.165) is 32.5 Å². The Morgan fingerprint density at radius 3 is 3.05 bits per heavy atom. The lowest BCUT2D eigenvalue weighted by atomic mass is 10.0. The molecule has 0 saturated carbocycles. The molecule has 2 unspecified atom stereocenters. The summed E-state index contributed by atoms with van der Waals surface area (Å²) in [6.07, 6.45) is 2.28. The van der Waals surface area contributed by atoms with Crippen LogP contribution in [-0.2, 0) is 11.2 Å². The molecule has 3 N–H and O–H groups in total. The quantitative estimate of drug-likeness (QED) is 0.615. The monoisotopic (exact) mass is 283 g/mol. The Labute approximate surface area is 119 Å². The summed E-state index contributed by atoms with van der Waals surface area (Å²) in [7, 11) is 0. The van der Waals surface area contributed by atoms with Gasteiger partial charge in [0.2, 0.25) is 0 Å². The molecule has 0 radical (unpaired) electrons. The van der Waals surface area contributed by atoms with E-state index in [0.29, 0.717) is 6.04 Å². The van der Waals surface area contributed by atoms with Gasteiger partial charge in [-0.3, -0.25) is 16.2 Å². The minimum atomic E-state index is 0.195. The summed E-state index contributed by atoms with van der Waals surface area (Å²) < 4.78 is 5.90. The number of aryl methyl sites for hydroxylation is 1. The Hall–Kier alpha value is -0.460. The van der Waals surface area contributed by atoms with Gasteiger partial charge in [0.15, 0.2) is 0 Å². The van der Waals surface area contributed by atoms with Crippen LogP contribution in [0.25, 0.3) is 0 Å². The van der Waals surface area contributed by atoms with Gasteiger partial charge in [-0.1, -0.05) is 6.07 Å². The lowest BCUT2D eigenvalue weighted by Crippen LogP contribution is -2.55. The van der Waals surface area contributed by atoms with E-state index in [2.05, 4.69) is 41.7 Å². The van der Waals surface area contributed by atoms with Crippen LogP contribution in [0, 0.1) is 0 Å². The van der Waals surface area contributed by atoms with Crippen molar-refractivity contribution in [2.24, 2.45) is 5.84 Å². The van der Waals surface area contributed by atoms with Gasteiger partial charge in [0.05, 0.1) is 12.7 Å². The summed E-state index contributed by atoms with van der Waals surface area (Å²) in [6, 6.07) is 5.08. The largest absolute Gasteiger partial charge is 0.374 e. The normalized spacial score (nSPS) is 22.8. The first-order chi connectivity index (χ1) is 9.20. The summed E-state index contributed by atoms with van der Waals surface area (Å²) in [6.45, 7) is 7.27. The van der Waals surface area contributed by atoms with Gasteiger partial charge in [-0.25, -0.2) is 0 Å². The van der Waals surface area contributed by atoms with E-state index in [1.807, 2.05) is 11.3 Å². The highest BCUT2D eigenvalue weighted by molar-refractivity contribution is 7.09. The van der Waals surface area contributed by atoms with Crippen molar-refractivity contribution in [1.82, 2.24) is 10.3 Å². The zero-order valence-corrected chi connectivity index (χ0v) is 12.7. The predicted molar refractivity (Wildman–Crippen MR) is 80.2 cm³/mol. The van der Waals surface area contributed by atoms with Crippen LogP contribution >= 0.6 is 11.3 Å². The van der Waals surface area contributed by atoms with E-state index in [1.54, 1.807) is 0 Å². The smallest absolute Gasteiger partial charge is 0.0868 e. The van der Waals surface area contributed by atoms with E-state index in [4.69, 9.17) is 10.6 Å². The van der Waals surface area contributed by atoms with Crippen LogP contribution in [0.1, 0.15) is 25.1 Å². The third-order valence-electron chi connectivity index (χ3n) is 3.80. The number of hydrazine groups is 1. The SMILES string of the molecule is CC(C)N1CCOC(C(CCc2cccs2)NN)C1. The molecule has 1 aromatic rings. The average molecular weight is 283 g/mol. The molecule has 1 saturated heterocycles. The maximum absolute atomic E-state index is 5.90. The molecule has 1 aromatic heterocycles. The van der Waals surface area contributed by atoms with Gasteiger partial charge in [0, 0.05) is 30.1 Å². The molecule has 2 atom stereocenters. The lowest BCUT2D eigenvalue weighted by Gasteiger charge is -2.38. The van der Waals surface area contributed by atoms with Crippen molar-refractivity contribution in [1.29, 1.82) is 0 Å². The molecule has 1 aliphatic rings. The number of hydrogen-bond acceptors (Lipinski definition) is 5. The molecule has 2 heterocycles. The summed E-state index contributed by atoms with van der Waals surface area (Å²) >= 11 is 1.81. The Balaban J connectivity index is 1.86. The number of morpholine rings is 1. The fourth-order valence-corrected chi connectivity index (χ4v) is 3.26. The second-order valence-corrected chi connectivity index (χ2v) is 6.42. The minimum Gasteiger partial charge on any atom is -0.374 e. The molecular weight excluding hydrogens is 258 g/mol. The fraction of sp³-hybridized carbons (Fsp3) is 0.714. The Bertz CT molecular complexity index is 356. The number of rotatable bonds is 6. The standard InChI is InChI=1S/C14H25N3OS/c1-11(2)17-7-8-18-14(10-17)13(16-15)6-5-12-4-3-9-19-12/h3-4,9,11,13-14,16H,5-8,10,15H2,1-2H3. The molecule has 0 aliphatic carbocycles. The molecule has 1 fully saturated rings. The van der Waals surface area contributed by atoms with Crippen molar-refractivity contribution >= 4 is 11.3 Å². The van der Waals surface area contributed by atoms with E-state index in [-0.39, 0.29) is 12.1 Å². The van der Waals surface area contributed by atoms with Crippen LogP contribution in [0.5, 0.6) is 0 Å². The van der Waals surface area contributed by atoms with Gasteiger partial charge < -0.3 is 4.74 Å². The second kappa shape index (κ2) is 7.36. The first kappa shape index (κ1) is 14.9. The van der Waals surface area contributed by atoms with Crippen molar-refractivity contribution in [3.63, 3.8) is 0 Å². The maximum atomic E-state index is 5.90. The zero-order valence-electron chi connectivity index (χ0n) is 11.8. The van der Waals surface area contributed by atoms with Crippen molar-refractivity contribution in [2.45, 2.75) is 44.9 Å². The summed E-state index contributed by atoms with van der Waals surface area (Å²) in [5.74, 6) is 5.72. The zero-order chi connectivity index (χ0) is 13.7. The summed E-state index contributed by atoms with van der Waals surface area (Å²) in [5.41, 5.74) is 2.95. The van der Waals surface area contributed by atoms with Crippen molar-refractivity contribution in [2.75, 3.05) is 19.7 Å². The Morgan fingerprint density at radius 2 is 2.42 bits per heavy atom.